The van der Waals surface area contributed by atoms with E-state index in [0.29, 0.717) is 25.0 Å². The van der Waals surface area contributed by atoms with Crippen molar-refractivity contribution < 1.29 is 23.0 Å². The summed E-state index contributed by atoms with van der Waals surface area (Å²) >= 11 is 0. The van der Waals surface area contributed by atoms with Gasteiger partial charge in [-0.15, -0.1) is 0 Å². The standard InChI is InChI=1S/C26H27F2NO3/c1-4-18(11-10-17(3)30)19(5-2)12-13-20-16-22-23(29-20)14-15-31-25(22)21-8-6-7-9-24(21)32-26(27)28/h4-13,25-26H,14-16H2,1-3H3/b11-10-,13-12-,18-4+,19-5+. The predicted octanol–water partition coefficient (Wildman–Crippen LogP) is 6.44. The van der Waals surface area contributed by atoms with Gasteiger partial charge in [-0.25, -0.2) is 0 Å². The monoisotopic (exact) mass is 439 g/mol. The molecule has 0 amide bonds. The van der Waals surface area contributed by atoms with Gasteiger partial charge in [-0.3, -0.25) is 9.79 Å². The summed E-state index contributed by atoms with van der Waals surface area (Å²) in [6.45, 7) is 2.94. The molecular weight excluding hydrogens is 412 g/mol. The zero-order chi connectivity index (χ0) is 23.1. The highest BCUT2D eigenvalue weighted by Crippen LogP contribution is 2.42. The van der Waals surface area contributed by atoms with Gasteiger partial charge in [-0.1, -0.05) is 42.5 Å². The van der Waals surface area contributed by atoms with E-state index in [1.165, 1.54) is 13.0 Å². The number of alkyl halides is 2. The Balaban J connectivity index is 1.79. The fourth-order valence-electron chi connectivity index (χ4n) is 3.80. The van der Waals surface area contributed by atoms with Crippen LogP contribution < -0.4 is 4.74 Å². The van der Waals surface area contributed by atoms with Gasteiger partial charge in [0.05, 0.1) is 6.61 Å². The lowest BCUT2D eigenvalue weighted by Crippen LogP contribution is -2.16. The van der Waals surface area contributed by atoms with Crippen LogP contribution >= 0.6 is 0 Å². The normalized spacial score (nSPS) is 19.8. The van der Waals surface area contributed by atoms with Crippen LogP contribution in [0.4, 0.5) is 8.78 Å². The maximum Gasteiger partial charge on any atom is 0.387 e. The van der Waals surface area contributed by atoms with Gasteiger partial charge in [0.1, 0.15) is 11.9 Å². The molecule has 1 atom stereocenters. The number of ether oxygens (including phenoxy) is 2. The lowest BCUT2D eigenvalue weighted by Gasteiger charge is -2.26. The molecule has 0 radical (unpaired) electrons. The summed E-state index contributed by atoms with van der Waals surface area (Å²) in [5.41, 5.74) is 5.29. The van der Waals surface area contributed by atoms with Crippen molar-refractivity contribution in [3.8, 4) is 5.75 Å². The predicted molar refractivity (Wildman–Crippen MR) is 122 cm³/mol. The van der Waals surface area contributed by atoms with Crippen LogP contribution in [0.25, 0.3) is 0 Å². The number of allylic oxidation sites excluding steroid dienone is 8. The number of hydrogen-bond acceptors (Lipinski definition) is 4. The van der Waals surface area contributed by atoms with Gasteiger partial charge < -0.3 is 9.47 Å². The number of para-hydroxylation sites is 1. The van der Waals surface area contributed by atoms with Crippen LogP contribution in [0.1, 0.15) is 45.3 Å². The summed E-state index contributed by atoms with van der Waals surface area (Å²) in [5.74, 6) is 0.111. The van der Waals surface area contributed by atoms with Crippen LogP contribution in [0.2, 0.25) is 0 Å². The van der Waals surface area contributed by atoms with E-state index in [2.05, 4.69) is 0 Å². The first-order valence-corrected chi connectivity index (χ1v) is 10.6. The third kappa shape index (κ3) is 5.77. The molecule has 168 valence electrons. The van der Waals surface area contributed by atoms with Gasteiger partial charge in [-0.2, -0.15) is 8.78 Å². The van der Waals surface area contributed by atoms with Crippen LogP contribution in [0.15, 0.2) is 88.1 Å². The summed E-state index contributed by atoms with van der Waals surface area (Å²) in [6, 6.07) is 6.73. The first-order chi connectivity index (χ1) is 15.4. The van der Waals surface area contributed by atoms with E-state index in [4.69, 9.17) is 14.5 Å². The lowest BCUT2D eigenvalue weighted by atomic mass is 9.93. The van der Waals surface area contributed by atoms with Crippen molar-refractivity contribution >= 4 is 11.5 Å². The van der Waals surface area contributed by atoms with Crippen LogP contribution in [0.3, 0.4) is 0 Å². The SMILES string of the molecule is C/C=C(\C=C/C(C)=O)C(/C=C\C1=NC2=C(C1)C(c1ccccc1OC(F)F)OCC2)=C/C. The quantitative estimate of drug-likeness (QED) is 0.346. The van der Waals surface area contributed by atoms with Crippen molar-refractivity contribution in [3.63, 3.8) is 0 Å². The molecule has 0 saturated carbocycles. The Kier molecular flexibility index (Phi) is 8.06. The van der Waals surface area contributed by atoms with Crippen LogP contribution in [-0.2, 0) is 9.53 Å². The maximum absolute atomic E-state index is 12.9. The molecule has 0 fully saturated rings. The van der Waals surface area contributed by atoms with Gasteiger partial charge in [0.15, 0.2) is 5.78 Å². The second kappa shape index (κ2) is 11.0. The summed E-state index contributed by atoms with van der Waals surface area (Å²) < 4.78 is 36.4. The summed E-state index contributed by atoms with van der Waals surface area (Å²) in [5, 5.41) is 0. The number of benzene rings is 1. The molecule has 1 aromatic rings. The molecule has 0 saturated heterocycles. The van der Waals surface area contributed by atoms with Gasteiger partial charge in [0.2, 0.25) is 0 Å². The Morgan fingerprint density at radius 3 is 2.56 bits per heavy atom. The lowest BCUT2D eigenvalue weighted by molar-refractivity contribution is -0.112. The number of carbonyl (C=O) groups excluding carboxylic acids is 1. The summed E-state index contributed by atoms with van der Waals surface area (Å²) in [4.78, 5) is 16.0. The molecule has 4 nitrogen and oxygen atoms in total. The van der Waals surface area contributed by atoms with Crippen molar-refractivity contribution in [2.24, 2.45) is 4.99 Å². The minimum absolute atomic E-state index is 0.0111. The second-order valence-electron chi connectivity index (χ2n) is 7.43. The summed E-state index contributed by atoms with van der Waals surface area (Å²) in [7, 11) is 0. The number of ketones is 1. The minimum Gasteiger partial charge on any atom is -0.434 e. The Labute approximate surface area is 187 Å². The number of nitrogens with zero attached hydrogens (tertiary/aromatic N) is 1. The van der Waals surface area contributed by atoms with Gasteiger partial charge in [0, 0.05) is 29.8 Å². The van der Waals surface area contributed by atoms with E-state index in [1.807, 2.05) is 38.2 Å². The molecule has 3 rings (SSSR count). The van der Waals surface area contributed by atoms with Crippen LogP contribution in [-0.4, -0.2) is 24.7 Å². The van der Waals surface area contributed by atoms with Crippen molar-refractivity contribution in [1.82, 2.24) is 0 Å². The van der Waals surface area contributed by atoms with Crippen molar-refractivity contribution in [3.05, 3.63) is 88.7 Å². The Morgan fingerprint density at radius 1 is 1.16 bits per heavy atom. The third-order valence-corrected chi connectivity index (χ3v) is 5.29. The zero-order valence-electron chi connectivity index (χ0n) is 18.5. The maximum atomic E-state index is 12.9. The molecule has 0 aliphatic carbocycles. The van der Waals surface area contributed by atoms with Gasteiger partial charge in [-0.05, 0) is 55.7 Å². The molecule has 0 spiro atoms. The van der Waals surface area contributed by atoms with Crippen molar-refractivity contribution in [2.75, 3.05) is 6.61 Å². The molecule has 32 heavy (non-hydrogen) atoms. The number of carbonyl (C=O) groups is 1. The van der Waals surface area contributed by atoms with E-state index < -0.39 is 12.7 Å². The average molecular weight is 440 g/mol. The number of halogens is 2. The highest BCUT2D eigenvalue weighted by atomic mass is 19.3. The number of hydrogen-bond donors (Lipinski definition) is 0. The highest BCUT2D eigenvalue weighted by molar-refractivity contribution is 6.00. The fraction of sp³-hybridized carbons (Fsp3) is 0.308. The van der Waals surface area contributed by atoms with Crippen LogP contribution in [0, 0.1) is 0 Å². The summed E-state index contributed by atoms with van der Waals surface area (Å²) in [6.07, 6.45) is 12.0. The molecule has 2 aliphatic rings. The van der Waals surface area contributed by atoms with Crippen LogP contribution in [0.5, 0.6) is 5.75 Å². The smallest absolute Gasteiger partial charge is 0.387 e. The second-order valence-corrected chi connectivity index (χ2v) is 7.43. The topological polar surface area (TPSA) is 47.9 Å². The Hall–Kier alpha value is -3.12. The number of rotatable bonds is 8. The molecule has 1 aromatic carbocycles. The van der Waals surface area contributed by atoms with Crippen molar-refractivity contribution in [1.29, 1.82) is 0 Å². The van der Waals surface area contributed by atoms with Crippen molar-refractivity contribution in [2.45, 2.75) is 46.3 Å². The molecule has 0 N–H and O–H groups in total. The molecule has 0 bridgehead atoms. The zero-order valence-corrected chi connectivity index (χ0v) is 18.5. The molecule has 6 heteroatoms. The largest absolute Gasteiger partial charge is 0.434 e. The third-order valence-electron chi connectivity index (χ3n) is 5.29. The van der Waals surface area contributed by atoms with E-state index in [-0.39, 0.29) is 11.5 Å². The van der Waals surface area contributed by atoms with Gasteiger partial charge in [0.25, 0.3) is 0 Å². The van der Waals surface area contributed by atoms with Gasteiger partial charge >= 0.3 is 6.61 Å². The molecule has 1 unspecified atom stereocenters. The molecule has 2 aliphatic heterocycles. The fourth-order valence-corrected chi connectivity index (χ4v) is 3.80. The number of aliphatic imine (C=N–C) groups is 1. The molecular formula is C26H27F2NO3. The average Bonchev–Trinajstić information content (AvgIpc) is 3.19. The van der Waals surface area contributed by atoms with E-state index >= 15 is 0 Å². The minimum atomic E-state index is -2.90. The first-order valence-electron chi connectivity index (χ1n) is 10.6. The molecule has 2 heterocycles. The van der Waals surface area contributed by atoms with E-state index in [0.717, 1.165) is 28.1 Å². The Bertz CT molecular complexity index is 1040. The Morgan fingerprint density at radius 2 is 1.88 bits per heavy atom. The van der Waals surface area contributed by atoms with E-state index in [1.54, 1.807) is 30.4 Å². The van der Waals surface area contributed by atoms with E-state index in [9.17, 15) is 13.6 Å². The molecule has 0 aromatic heterocycles. The first kappa shape index (κ1) is 23.5. The highest BCUT2D eigenvalue weighted by Gasteiger charge is 2.31.